The summed E-state index contributed by atoms with van der Waals surface area (Å²) >= 11 is 10.1. The molecule has 100 valence electrons. The predicted molar refractivity (Wildman–Crippen MR) is 82.3 cm³/mol. The van der Waals surface area contributed by atoms with Gasteiger partial charge in [0.05, 0.1) is 17.6 Å². The molecular formula is C15H20BrClO. The number of halogens is 2. The smallest absolute Gasteiger partial charge is 0.0780 e. The molecule has 0 saturated heterocycles. The number of rotatable bonds is 3. The average Bonchev–Trinajstić information content (AvgIpc) is 2.43. The van der Waals surface area contributed by atoms with Crippen LogP contribution in [0.4, 0.5) is 0 Å². The average molecular weight is 332 g/mol. The summed E-state index contributed by atoms with van der Waals surface area (Å²) in [6, 6.07) is 0. The van der Waals surface area contributed by atoms with Crippen LogP contribution in [0.15, 0.2) is 24.3 Å². The van der Waals surface area contributed by atoms with Gasteiger partial charge in [0.25, 0.3) is 0 Å². The Labute approximate surface area is 124 Å². The first kappa shape index (κ1) is 15.8. The number of hydrogen-bond acceptors (Lipinski definition) is 1. The van der Waals surface area contributed by atoms with Crippen LogP contribution in [0.25, 0.3) is 0 Å². The van der Waals surface area contributed by atoms with E-state index in [9.17, 15) is 0 Å². The van der Waals surface area contributed by atoms with E-state index in [1.807, 2.05) is 6.08 Å². The molecular weight excluding hydrogens is 312 g/mol. The van der Waals surface area contributed by atoms with Crippen molar-refractivity contribution in [2.24, 2.45) is 0 Å². The second kappa shape index (κ2) is 8.80. The monoisotopic (exact) mass is 330 g/mol. The summed E-state index contributed by atoms with van der Waals surface area (Å²) in [5.74, 6) is 2.49. The lowest BCUT2D eigenvalue weighted by Crippen LogP contribution is -2.33. The topological polar surface area (TPSA) is 9.23 Å². The molecule has 0 amide bonds. The highest BCUT2D eigenvalue weighted by Crippen LogP contribution is 2.26. The van der Waals surface area contributed by atoms with Crippen LogP contribution in [-0.2, 0) is 4.74 Å². The van der Waals surface area contributed by atoms with Gasteiger partial charge in [-0.25, -0.2) is 0 Å². The summed E-state index contributed by atoms with van der Waals surface area (Å²) in [4.78, 5) is 0.347. The van der Waals surface area contributed by atoms with Crippen molar-refractivity contribution in [2.75, 3.05) is 0 Å². The van der Waals surface area contributed by atoms with E-state index in [0.717, 1.165) is 25.7 Å². The lowest BCUT2D eigenvalue weighted by atomic mass is 10.1. The molecule has 1 aliphatic rings. The molecule has 0 aromatic rings. The first-order valence-electron chi connectivity index (χ1n) is 6.38. The van der Waals surface area contributed by atoms with Gasteiger partial charge in [0.1, 0.15) is 0 Å². The van der Waals surface area contributed by atoms with Crippen LogP contribution < -0.4 is 0 Å². The van der Waals surface area contributed by atoms with Crippen LogP contribution in [0.3, 0.4) is 0 Å². The van der Waals surface area contributed by atoms with Gasteiger partial charge in [0.15, 0.2) is 0 Å². The van der Waals surface area contributed by atoms with Crippen LogP contribution in [0.5, 0.6) is 0 Å². The summed E-state index contributed by atoms with van der Waals surface area (Å²) < 4.78 is 6.15. The zero-order chi connectivity index (χ0) is 13.4. The van der Waals surface area contributed by atoms with Gasteiger partial charge in [0.2, 0.25) is 0 Å². The van der Waals surface area contributed by atoms with Gasteiger partial charge in [-0.15, -0.1) is 18.0 Å². The van der Waals surface area contributed by atoms with Crippen molar-refractivity contribution in [1.29, 1.82) is 0 Å². The zero-order valence-electron chi connectivity index (χ0n) is 10.7. The van der Waals surface area contributed by atoms with Crippen LogP contribution in [-0.4, -0.2) is 22.4 Å². The Bertz CT molecular complexity index is 332. The van der Waals surface area contributed by atoms with Gasteiger partial charge in [-0.05, 0) is 31.8 Å². The van der Waals surface area contributed by atoms with E-state index in [0.29, 0.717) is 4.83 Å². The molecule has 0 saturated carbocycles. The Morgan fingerprint density at radius 3 is 2.83 bits per heavy atom. The van der Waals surface area contributed by atoms with Crippen molar-refractivity contribution >= 4 is 27.5 Å². The predicted octanol–water partition coefficient (Wildman–Crippen LogP) is 4.45. The van der Waals surface area contributed by atoms with Crippen LogP contribution in [0.2, 0.25) is 0 Å². The largest absolute Gasteiger partial charge is 0.372 e. The molecule has 0 aromatic heterocycles. The molecule has 4 atom stereocenters. The van der Waals surface area contributed by atoms with Crippen molar-refractivity contribution in [3.8, 4) is 12.3 Å². The molecule has 0 aromatic carbocycles. The molecule has 0 spiro atoms. The zero-order valence-corrected chi connectivity index (χ0v) is 13.0. The summed E-state index contributed by atoms with van der Waals surface area (Å²) in [5, 5.41) is -0.00414. The van der Waals surface area contributed by atoms with Gasteiger partial charge in [-0.3, -0.25) is 0 Å². The molecule has 3 heteroatoms. The van der Waals surface area contributed by atoms with Crippen molar-refractivity contribution in [3.63, 3.8) is 0 Å². The summed E-state index contributed by atoms with van der Waals surface area (Å²) in [7, 11) is 0. The maximum atomic E-state index is 6.40. The lowest BCUT2D eigenvalue weighted by molar-refractivity contribution is -0.0123. The highest BCUT2D eigenvalue weighted by molar-refractivity contribution is 9.09. The minimum atomic E-state index is -0.00414. The number of ether oxygens (including phenoxy) is 1. The lowest BCUT2D eigenvalue weighted by Gasteiger charge is -2.28. The third kappa shape index (κ3) is 5.18. The summed E-state index contributed by atoms with van der Waals surface area (Å²) in [6.07, 6.45) is 17.0. The quantitative estimate of drug-likeness (QED) is 0.422. The van der Waals surface area contributed by atoms with E-state index in [1.54, 1.807) is 6.08 Å². The van der Waals surface area contributed by atoms with Crippen LogP contribution >= 0.6 is 27.5 Å². The maximum Gasteiger partial charge on any atom is 0.0780 e. The molecule has 0 bridgehead atoms. The number of alkyl halides is 2. The number of terminal acetylenes is 1. The van der Waals surface area contributed by atoms with Gasteiger partial charge in [-0.1, -0.05) is 47.0 Å². The second-order valence-electron chi connectivity index (χ2n) is 4.40. The molecule has 0 radical (unpaired) electrons. The van der Waals surface area contributed by atoms with E-state index in [2.05, 4.69) is 40.9 Å². The van der Waals surface area contributed by atoms with Crippen molar-refractivity contribution in [2.45, 2.75) is 55.0 Å². The Morgan fingerprint density at radius 2 is 2.17 bits per heavy atom. The summed E-state index contributed by atoms with van der Waals surface area (Å²) in [6.45, 7) is 2.14. The third-order valence-corrected chi connectivity index (χ3v) is 4.45. The molecule has 1 heterocycles. The van der Waals surface area contributed by atoms with E-state index in [1.165, 1.54) is 0 Å². The Morgan fingerprint density at radius 1 is 1.44 bits per heavy atom. The fourth-order valence-electron chi connectivity index (χ4n) is 1.98. The number of allylic oxidation sites excluding steroid dienone is 3. The van der Waals surface area contributed by atoms with E-state index in [-0.39, 0.29) is 17.6 Å². The third-order valence-electron chi connectivity index (χ3n) is 3.03. The standard InChI is InChI=1S/C15H20BrClO/c1-3-5-6-11-15-13(17)10-8-7-9-12(16)14(4-2)18-15/h1,5-8,12-15H,4,9-11H2,2H3/b6-5-,8-7+/t12-,13-,14+,15-/m1/s1. The first-order chi connectivity index (χ1) is 8.69. The second-order valence-corrected chi connectivity index (χ2v) is 6.14. The Balaban J connectivity index is 2.73. The Kier molecular flexibility index (Phi) is 7.74. The van der Waals surface area contributed by atoms with Gasteiger partial charge in [0, 0.05) is 4.83 Å². The fraction of sp³-hybridized carbons (Fsp3) is 0.600. The molecule has 0 aliphatic carbocycles. The minimum Gasteiger partial charge on any atom is -0.372 e. The molecule has 18 heavy (non-hydrogen) atoms. The van der Waals surface area contributed by atoms with E-state index >= 15 is 0 Å². The van der Waals surface area contributed by atoms with Crippen molar-refractivity contribution < 1.29 is 4.74 Å². The first-order valence-corrected chi connectivity index (χ1v) is 7.74. The number of hydrogen-bond donors (Lipinski definition) is 0. The normalized spacial score (nSPS) is 35.4. The minimum absolute atomic E-state index is 0.00414. The Hall–Kier alpha value is -0.230. The van der Waals surface area contributed by atoms with E-state index in [4.69, 9.17) is 22.8 Å². The SMILES string of the molecule is C#C/C=C\C[C@H]1O[C@@H](CC)[C@H](Br)C/C=C/C[C@H]1Cl. The summed E-state index contributed by atoms with van der Waals surface area (Å²) in [5.41, 5.74) is 0. The van der Waals surface area contributed by atoms with Crippen molar-refractivity contribution in [3.05, 3.63) is 24.3 Å². The molecule has 1 aliphatic heterocycles. The van der Waals surface area contributed by atoms with Crippen molar-refractivity contribution in [1.82, 2.24) is 0 Å². The van der Waals surface area contributed by atoms with Crippen LogP contribution in [0.1, 0.15) is 32.6 Å². The molecule has 0 N–H and O–H groups in total. The highest BCUT2D eigenvalue weighted by atomic mass is 79.9. The maximum absolute atomic E-state index is 6.40. The van der Waals surface area contributed by atoms with Gasteiger partial charge in [-0.2, -0.15) is 0 Å². The molecule has 0 fully saturated rings. The highest BCUT2D eigenvalue weighted by Gasteiger charge is 2.26. The van der Waals surface area contributed by atoms with Gasteiger partial charge < -0.3 is 4.74 Å². The molecule has 0 unspecified atom stereocenters. The molecule has 1 nitrogen and oxygen atoms in total. The van der Waals surface area contributed by atoms with Crippen LogP contribution in [0, 0.1) is 12.3 Å². The fourth-order valence-corrected chi connectivity index (χ4v) is 2.96. The van der Waals surface area contributed by atoms with Gasteiger partial charge >= 0.3 is 0 Å². The van der Waals surface area contributed by atoms with E-state index < -0.39 is 0 Å². The molecule has 1 rings (SSSR count).